The van der Waals surface area contributed by atoms with Gasteiger partial charge in [0.05, 0.1) is 6.20 Å². The molecule has 0 amide bonds. The zero-order valence-corrected chi connectivity index (χ0v) is 10.2. The van der Waals surface area contributed by atoms with Gasteiger partial charge in [0, 0.05) is 18.0 Å². The van der Waals surface area contributed by atoms with Crippen LogP contribution in [0, 0.1) is 20.8 Å². The first kappa shape index (κ1) is 11.5. The first-order valence-corrected chi connectivity index (χ1v) is 5.49. The third-order valence-electron chi connectivity index (χ3n) is 2.97. The van der Waals surface area contributed by atoms with Crippen LogP contribution in [-0.4, -0.2) is 15.8 Å². The lowest BCUT2D eigenvalue weighted by Gasteiger charge is -2.10. The number of hydrogen-bond acceptors (Lipinski definition) is 3. The van der Waals surface area contributed by atoms with E-state index in [1.165, 1.54) is 12.4 Å². The molecule has 0 aliphatic carbocycles. The Morgan fingerprint density at radius 2 is 1.76 bits per heavy atom. The van der Waals surface area contributed by atoms with Gasteiger partial charge in [0.15, 0.2) is 0 Å². The number of carbonyl (C=O) groups excluding carboxylic acids is 1. The number of aromatic nitrogens is 2. The standard InChI is InChI=1S/C14H14N2O/c1-9-4-5-10(2)13(11(9)3)14(17)12-8-15-6-7-16-12/h4-8H,1-3H3. The van der Waals surface area contributed by atoms with Crippen LogP contribution in [0.3, 0.4) is 0 Å². The summed E-state index contributed by atoms with van der Waals surface area (Å²) < 4.78 is 0. The second-order valence-corrected chi connectivity index (χ2v) is 4.12. The highest BCUT2D eigenvalue weighted by Crippen LogP contribution is 2.20. The molecule has 0 aliphatic heterocycles. The minimum Gasteiger partial charge on any atom is -0.287 e. The molecule has 1 aromatic heterocycles. The van der Waals surface area contributed by atoms with Crippen LogP contribution in [0.25, 0.3) is 0 Å². The van der Waals surface area contributed by atoms with E-state index in [9.17, 15) is 4.79 Å². The topological polar surface area (TPSA) is 42.9 Å². The van der Waals surface area contributed by atoms with Gasteiger partial charge in [-0.3, -0.25) is 9.78 Å². The van der Waals surface area contributed by atoms with E-state index in [4.69, 9.17) is 0 Å². The summed E-state index contributed by atoms with van der Waals surface area (Å²) in [6.07, 6.45) is 4.60. The fourth-order valence-corrected chi connectivity index (χ4v) is 1.85. The zero-order chi connectivity index (χ0) is 12.4. The zero-order valence-electron chi connectivity index (χ0n) is 10.2. The SMILES string of the molecule is Cc1ccc(C)c(C(=O)c2cnccn2)c1C. The average Bonchev–Trinajstić information content (AvgIpc) is 2.35. The molecule has 0 aliphatic rings. The Balaban J connectivity index is 2.56. The Labute approximate surface area is 101 Å². The molecule has 0 bridgehead atoms. The Hall–Kier alpha value is -2.03. The maximum atomic E-state index is 12.3. The smallest absolute Gasteiger partial charge is 0.213 e. The number of ketones is 1. The summed E-state index contributed by atoms with van der Waals surface area (Å²) in [7, 11) is 0. The van der Waals surface area contributed by atoms with Gasteiger partial charge in [0.1, 0.15) is 5.69 Å². The highest BCUT2D eigenvalue weighted by molar-refractivity contribution is 6.09. The van der Waals surface area contributed by atoms with Crippen LogP contribution in [0.2, 0.25) is 0 Å². The predicted octanol–water partition coefficient (Wildman–Crippen LogP) is 2.63. The van der Waals surface area contributed by atoms with Crippen molar-refractivity contribution in [2.24, 2.45) is 0 Å². The van der Waals surface area contributed by atoms with E-state index in [2.05, 4.69) is 9.97 Å². The number of carbonyl (C=O) groups is 1. The van der Waals surface area contributed by atoms with Crippen molar-refractivity contribution in [3.8, 4) is 0 Å². The molecule has 0 saturated heterocycles. The van der Waals surface area contributed by atoms with E-state index in [1.807, 2.05) is 32.9 Å². The normalized spacial score (nSPS) is 10.3. The number of aryl methyl sites for hydroxylation is 2. The molecule has 3 heteroatoms. The van der Waals surface area contributed by atoms with Gasteiger partial charge >= 0.3 is 0 Å². The van der Waals surface area contributed by atoms with Crippen molar-refractivity contribution in [3.05, 3.63) is 58.7 Å². The minimum absolute atomic E-state index is 0.0585. The Morgan fingerprint density at radius 1 is 1.06 bits per heavy atom. The molecule has 0 saturated carbocycles. The summed E-state index contributed by atoms with van der Waals surface area (Å²) in [5.74, 6) is -0.0585. The molecule has 2 aromatic rings. The first-order chi connectivity index (χ1) is 8.11. The lowest BCUT2D eigenvalue weighted by molar-refractivity contribution is 0.103. The quantitative estimate of drug-likeness (QED) is 0.739. The molecule has 2 rings (SSSR count). The third kappa shape index (κ3) is 2.09. The molecular formula is C14H14N2O. The molecule has 0 fully saturated rings. The molecule has 1 heterocycles. The van der Waals surface area contributed by atoms with Crippen LogP contribution in [0.1, 0.15) is 32.7 Å². The molecule has 0 N–H and O–H groups in total. The molecule has 0 radical (unpaired) electrons. The molecule has 0 spiro atoms. The van der Waals surface area contributed by atoms with Crippen LogP contribution >= 0.6 is 0 Å². The second kappa shape index (κ2) is 4.45. The molecule has 17 heavy (non-hydrogen) atoms. The second-order valence-electron chi connectivity index (χ2n) is 4.12. The van der Waals surface area contributed by atoms with Crippen molar-refractivity contribution in [1.82, 2.24) is 9.97 Å². The van der Waals surface area contributed by atoms with Crippen molar-refractivity contribution < 1.29 is 4.79 Å². The van der Waals surface area contributed by atoms with E-state index in [0.29, 0.717) is 5.69 Å². The van der Waals surface area contributed by atoms with Crippen molar-refractivity contribution >= 4 is 5.78 Å². The van der Waals surface area contributed by atoms with Crippen LogP contribution in [0.15, 0.2) is 30.7 Å². The highest BCUT2D eigenvalue weighted by atomic mass is 16.1. The van der Waals surface area contributed by atoms with Gasteiger partial charge in [0.2, 0.25) is 5.78 Å². The molecular weight excluding hydrogens is 212 g/mol. The van der Waals surface area contributed by atoms with Crippen molar-refractivity contribution in [2.45, 2.75) is 20.8 Å². The number of benzene rings is 1. The van der Waals surface area contributed by atoms with E-state index < -0.39 is 0 Å². The molecule has 86 valence electrons. The van der Waals surface area contributed by atoms with E-state index in [1.54, 1.807) is 6.20 Å². The van der Waals surface area contributed by atoms with Gasteiger partial charge in [-0.15, -0.1) is 0 Å². The molecule has 0 atom stereocenters. The summed E-state index contributed by atoms with van der Waals surface area (Å²) in [4.78, 5) is 20.3. The van der Waals surface area contributed by atoms with Gasteiger partial charge in [-0.05, 0) is 37.5 Å². The summed E-state index contributed by atoms with van der Waals surface area (Å²) in [6.45, 7) is 5.91. The largest absolute Gasteiger partial charge is 0.287 e. The lowest BCUT2D eigenvalue weighted by atomic mass is 9.94. The van der Waals surface area contributed by atoms with Crippen molar-refractivity contribution in [2.75, 3.05) is 0 Å². The summed E-state index contributed by atoms with van der Waals surface area (Å²) >= 11 is 0. The average molecular weight is 226 g/mol. The van der Waals surface area contributed by atoms with Gasteiger partial charge in [-0.25, -0.2) is 4.98 Å². The van der Waals surface area contributed by atoms with Gasteiger partial charge in [0.25, 0.3) is 0 Å². The van der Waals surface area contributed by atoms with Crippen LogP contribution in [-0.2, 0) is 0 Å². The molecule has 1 aromatic carbocycles. The number of rotatable bonds is 2. The van der Waals surface area contributed by atoms with Crippen LogP contribution in [0.4, 0.5) is 0 Å². The number of nitrogens with zero attached hydrogens (tertiary/aromatic N) is 2. The summed E-state index contributed by atoms with van der Waals surface area (Å²) in [5.41, 5.74) is 4.24. The van der Waals surface area contributed by atoms with Crippen LogP contribution in [0.5, 0.6) is 0 Å². The maximum absolute atomic E-state index is 12.3. The maximum Gasteiger partial charge on any atom is 0.213 e. The fourth-order valence-electron chi connectivity index (χ4n) is 1.85. The Kier molecular flexibility index (Phi) is 3.00. The molecule has 0 unspecified atom stereocenters. The van der Waals surface area contributed by atoms with Crippen molar-refractivity contribution in [1.29, 1.82) is 0 Å². The van der Waals surface area contributed by atoms with Gasteiger partial charge in [-0.2, -0.15) is 0 Å². The monoisotopic (exact) mass is 226 g/mol. The highest BCUT2D eigenvalue weighted by Gasteiger charge is 2.16. The first-order valence-electron chi connectivity index (χ1n) is 5.49. The van der Waals surface area contributed by atoms with Gasteiger partial charge in [-0.1, -0.05) is 12.1 Å². The third-order valence-corrected chi connectivity index (χ3v) is 2.97. The predicted molar refractivity (Wildman–Crippen MR) is 66.1 cm³/mol. The fraction of sp³-hybridized carbons (Fsp3) is 0.214. The van der Waals surface area contributed by atoms with Gasteiger partial charge < -0.3 is 0 Å². The minimum atomic E-state index is -0.0585. The summed E-state index contributed by atoms with van der Waals surface area (Å²) in [6, 6.07) is 3.99. The summed E-state index contributed by atoms with van der Waals surface area (Å²) in [5, 5.41) is 0. The van der Waals surface area contributed by atoms with E-state index >= 15 is 0 Å². The van der Waals surface area contributed by atoms with Crippen LogP contribution < -0.4 is 0 Å². The Bertz CT molecular complexity index is 562. The molecule has 3 nitrogen and oxygen atoms in total. The Morgan fingerprint density at radius 3 is 2.41 bits per heavy atom. The lowest BCUT2D eigenvalue weighted by Crippen LogP contribution is -2.09. The van der Waals surface area contributed by atoms with E-state index in [-0.39, 0.29) is 5.78 Å². The van der Waals surface area contributed by atoms with E-state index in [0.717, 1.165) is 22.3 Å². The van der Waals surface area contributed by atoms with Crippen molar-refractivity contribution in [3.63, 3.8) is 0 Å². The number of hydrogen-bond donors (Lipinski definition) is 0.